The van der Waals surface area contributed by atoms with Crippen LogP contribution in [0.15, 0.2) is 77.6 Å². The van der Waals surface area contributed by atoms with Gasteiger partial charge >= 0.3 is 5.97 Å². The average Bonchev–Trinajstić information content (AvgIpc) is 2.72. The Morgan fingerprint density at radius 2 is 1.80 bits per heavy atom. The summed E-state index contributed by atoms with van der Waals surface area (Å²) in [6.45, 7) is 1.35. The van der Waals surface area contributed by atoms with Crippen LogP contribution in [-0.4, -0.2) is 15.5 Å². The number of carbonyl (C=O) groups is 1. The van der Waals surface area contributed by atoms with Crippen LogP contribution < -0.4 is 10.3 Å². The number of para-hydroxylation sites is 1. The van der Waals surface area contributed by atoms with Crippen molar-refractivity contribution in [1.82, 2.24) is 9.55 Å². The molecule has 0 saturated carbocycles. The van der Waals surface area contributed by atoms with Crippen LogP contribution in [-0.2, 0) is 4.79 Å². The van der Waals surface area contributed by atoms with Gasteiger partial charge in [-0.3, -0.25) is 14.2 Å². The third-order valence-corrected chi connectivity index (χ3v) is 4.65. The summed E-state index contributed by atoms with van der Waals surface area (Å²) in [5, 5.41) is 1.04. The van der Waals surface area contributed by atoms with Crippen LogP contribution in [0.4, 0.5) is 0 Å². The Morgan fingerprint density at radius 1 is 1.00 bits per heavy atom. The topological polar surface area (TPSA) is 61.2 Å². The van der Waals surface area contributed by atoms with E-state index in [0.717, 1.165) is 5.56 Å². The van der Waals surface area contributed by atoms with E-state index < -0.39 is 0 Å². The maximum atomic E-state index is 13.2. The number of hydrogen-bond donors (Lipinski definition) is 0. The predicted molar refractivity (Wildman–Crippen MR) is 119 cm³/mol. The molecule has 0 atom stereocenters. The van der Waals surface area contributed by atoms with Gasteiger partial charge in [-0.25, -0.2) is 4.98 Å². The Labute approximate surface area is 177 Å². The number of hydrogen-bond acceptors (Lipinski definition) is 4. The van der Waals surface area contributed by atoms with Gasteiger partial charge in [0.25, 0.3) is 5.56 Å². The molecule has 1 heterocycles. The first-order valence-electron chi connectivity index (χ1n) is 9.25. The van der Waals surface area contributed by atoms with Gasteiger partial charge in [0.15, 0.2) is 0 Å². The minimum absolute atomic E-state index is 0.184. The van der Waals surface area contributed by atoms with Crippen molar-refractivity contribution in [2.75, 3.05) is 0 Å². The maximum Gasteiger partial charge on any atom is 0.308 e. The lowest BCUT2D eigenvalue weighted by atomic mass is 10.2. The molecule has 148 valence electrons. The zero-order chi connectivity index (χ0) is 21.1. The fourth-order valence-corrected chi connectivity index (χ4v) is 3.33. The van der Waals surface area contributed by atoms with Crippen LogP contribution in [0.5, 0.6) is 5.75 Å². The Hall–Kier alpha value is -3.70. The molecule has 4 rings (SSSR count). The van der Waals surface area contributed by atoms with Crippen molar-refractivity contribution in [3.63, 3.8) is 0 Å². The Kier molecular flexibility index (Phi) is 5.46. The molecule has 5 nitrogen and oxygen atoms in total. The Bertz CT molecular complexity index is 1340. The number of rotatable bonds is 4. The average molecular weight is 417 g/mol. The molecular weight excluding hydrogens is 400 g/mol. The molecular formula is C24H17ClN2O3. The molecule has 0 N–H and O–H groups in total. The van der Waals surface area contributed by atoms with Crippen LogP contribution >= 0.6 is 11.6 Å². The van der Waals surface area contributed by atoms with E-state index in [9.17, 15) is 9.59 Å². The first-order valence-corrected chi connectivity index (χ1v) is 9.63. The van der Waals surface area contributed by atoms with Crippen LogP contribution in [0, 0.1) is 0 Å². The minimum atomic E-state index is -0.387. The quantitative estimate of drug-likeness (QED) is 0.341. The lowest BCUT2D eigenvalue weighted by Crippen LogP contribution is -2.22. The number of fused-ring (bicyclic) bond motifs is 1. The van der Waals surface area contributed by atoms with Crippen LogP contribution in [0.2, 0.25) is 5.02 Å². The molecule has 1 aromatic heterocycles. The standard InChI is InChI=1S/C24H17ClN2O3/c1-16(28)30-20-9-4-6-17(14-20)12-13-23-26-22-11-3-2-10-21(22)24(29)27(23)19-8-5-7-18(25)15-19/h2-15H,1H3. The zero-order valence-corrected chi connectivity index (χ0v) is 16.8. The van der Waals surface area contributed by atoms with E-state index in [2.05, 4.69) is 4.98 Å². The summed E-state index contributed by atoms with van der Waals surface area (Å²) in [5.74, 6) is 0.518. The maximum absolute atomic E-state index is 13.2. The number of ether oxygens (including phenoxy) is 1. The van der Waals surface area contributed by atoms with E-state index in [0.29, 0.717) is 33.2 Å². The van der Waals surface area contributed by atoms with Gasteiger partial charge in [-0.05, 0) is 54.1 Å². The van der Waals surface area contributed by atoms with Crippen LogP contribution in [0.25, 0.3) is 28.7 Å². The molecule has 0 aliphatic rings. The van der Waals surface area contributed by atoms with Gasteiger partial charge in [0.1, 0.15) is 11.6 Å². The second-order valence-electron chi connectivity index (χ2n) is 6.61. The van der Waals surface area contributed by atoms with E-state index >= 15 is 0 Å². The van der Waals surface area contributed by atoms with E-state index in [4.69, 9.17) is 16.3 Å². The van der Waals surface area contributed by atoms with Crippen molar-refractivity contribution in [2.45, 2.75) is 6.92 Å². The lowest BCUT2D eigenvalue weighted by Gasteiger charge is -2.11. The SMILES string of the molecule is CC(=O)Oc1cccc(C=Cc2nc3ccccc3c(=O)n2-c2cccc(Cl)c2)c1. The summed E-state index contributed by atoms with van der Waals surface area (Å²) in [7, 11) is 0. The molecule has 0 unspecified atom stereocenters. The molecule has 0 bridgehead atoms. The second-order valence-corrected chi connectivity index (χ2v) is 7.04. The smallest absolute Gasteiger partial charge is 0.308 e. The third-order valence-electron chi connectivity index (χ3n) is 4.41. The monoisotopic (exact) mass is 416 g/mol. The summed E-state index contributed by atoms with van der Waals surface area (Å²) in [6.07, 6.45) is 3.56. The number of benzene rings is 3. The van der Waals surface area contributed by atoms with Crippen molar-refractivity contribution < 1.29 is 9.53 Å². The molecule has 0 spiro atoms. The van der Waals surface area contributed by atoms with E-state index in [1.165, 1.54) is 11.5 Å². The van der Waals surface area contributed by atoms with Crippen LogP contribution in [0.1, 0.15) is 18.3 Å². The number of carbonyl (C=O) groups excluding carboxylic acids is 1. The minimum Gasteiger partial charge on any atom is -0.427 e. The number of aromatic nitrogens is 2. The molecule has 30 heavy (non-hydrogen) atoms. The second kappa shape index (κ2) is 8.35. The highest BCUT2D eigenvalue weighted by Crippen LogP contribution is 2.19. The summed E-state index contributed by atoms with van der Waals surface area (Å²) >= 11 is 6.15. The number of halogens is 1. The summed E-state index contributed by atoms with van der Waals surface area (Å²) < 4.78 is 6.66. The first kappa shape index (κ1) is 19.6. The van der Waals surface area contributed by atoms with Gasteiger partial charge in [0.2, 0.25) is 0 Å². The van der Waals surface area contributed by atoms with Crippen molar-refractivity contribution in [2.24, 2.45) is 0 Å². The number of esters is 1. The number of nitrogens with zero attached hydrogens (tertiary/aromatic N) is 2. The summed E-state index contributed by atoms with van der Waals surface area (Å²) in [4.78, 5) is 29.1. The molecule has 4 aromatic rings. The highest BCUT2D eigenvalue weighted by atomic mass is 35.5. The van der Waals surface area contributed by atoms with Gasteiger partial charge in [-0.1, -0.05) is 48.0 Å². The van der Waals surface area contributed by atoms with E-state index in [1.54, 1.807) is 54.6 Å². The Balaban J connectivity index is 1.86. The summed E-state index contributed by atoms with van der Waals surface area (Å²) in [5.41, 5.74) is 1.85. The molecule has 0 amide bonds. The largest absolute Gasteiger partial charge is 0.427 e. The van der Waals surface area contributed by atoms with Crippen molar-refractivity contribution in [1.29, 1.82) is 0 Å². The van der Waals surface area contributed by atoms with Crippen molar-refractivity contribution >= 4 is 40.6 Å². The lowest BCUT2D eigenvalue weighted by molar-refractivity contribution is -0.131. The molecule has 0 fully saturated rings. The van der Waals surface area contributed by atoms with Gasteiger partial charge in [-0.2, -0.15) is 0 Å². The molecule has 0 saturated heterocycles. The molecule has 0 aliphatic heterocycles. The van der Waals surface area contributed by atoms with E-state index in [-0.39, 0.29) is 11.5 Å². The fourth-order valence-electron chi connectivity index (χ4n) is 3.14. The predicted octanol–water partition coefficient (Wildman–Crippen LogP) is 5.13. The molecule has 3 aromatic carbocycles. The first-order chi connectivity index (χ1) is 14.5. The van der Waals surface area contributed by atoms with Gasteiger partial charge in [-0.15, -0.1) is 0 Å². The molecule has 0 radical (unpaired) electrons. The Morgan fingerprint density at radius 3 is 2.60 bits per heavy atom. The molecule has 0 aliphatic carbocycles. The highest BCUT2D eigenvalue weighted by molar-refractivity contribution is 6.30. The zero-order valence-electron chi connectivity index (χ0n) is 16.1. The van der Waals surface area contributed by atoms with Crippen molar-refractivity contribution in [3.8, 4) is 11.4 Å². The third kappa shape index (κ3) is 4.16. The molecule has 6 heteroatoms. The highest BCUT2D eigenvalue weighted by Gasteiger charge is 2.11. The van der Waals surface area contributed by atoms with Crippen molar-refractivity contribution in [3.05, 3.63) is 99.6 Å². The van der Waals surface area contributed by atoms with Gasteiger partial charge in [0, 0.05) is 11.9 Å². The normalized spacial score (nSPS) is 11.1. The van der Waals surface area contributed by atoms with E-state index in [1.807, 2.05) is 30.3 Å². The van der Waals surface area contributed by atoms with Gasteiger partial charge in [0.05, 0.1) is 16.6 Å². The summed E-state index contributed by atoms with van der Waals surface area (Å²) in [6, 6.07) is 21.4. The van der Waals surface area contributed by atoms with Gasteiger partial charge < -0.3 is 4.74 Å². The van der Waals surface area contributed by atoms with Crippen LogP contribution in [0.3, 0.4) is 0 Å². The fraction of sp³-hybridized carbons (Fsp3) is 0.0417.